The molecule has 1 unspecified atom stereocenters. The number of thiophene rings is 1. The number of methoxy groups -OCH3 is 1. The summed E-state index contributed by atoms with van der Waals surface area (Å²) in [7, 11) is 1.64. The highest BCUT2D eigenvalue weighted by atomic mass is 32.1. The van der Waals surface area contributed by atoms with Gasteiger partial charge in [0.25, 0.3) is 5.91 Å². The van der Waals surface area contributed by atoms with Gasteiger partial charge in [-0.05, 0) is 29.9 Å². The lowest BCUT2D eigenvalue weighted by Crippen LogP contribution is -2.39. The van der Waals surface area contributed by atoms with Crippen LogP contribution in [0, 0.1) is 0 Å². The van der Waals surface area contributed by atoms with Gasteiger partial charge < -0.3 is 9.64 Å². The van der Waals surface area contributed by atoms with Crippen LogP contribution in [0.15, 0.2) is 16.8 Å². The predicted octanol–water partition coefficient (Wildman–Crippen LogP) is 3.50. The zero-order valence-electron chi connectivity index (χ0n) is 12.2. The molecule has 0 aromatic carbocycles. The quantitative estimate of drug-likeness (QED) is 0.865. The average Bonchev–Trinajstić information content (AvgIpc) is 3.14. The predicted molar refractivity (Wildman–Crippen MR) is 84.9 cm³/mol. The van der Waals surface area contributed by atoms with Crippen molar-refractivity contribution in [3.63, 3.8) is 0 Å². The molecule has 1 aliphatic heterocycles. The van der Waals surface area contributed by atoms with E-state index >= 15 is 0 Å². The first-order valence-corrected chi connectivity index (χ1v) is 8.81. The fourth-order valence-electron chi connectivity index (χ4n) is 2.83. The topological polar surface area (TPSA) is 42.4 Å². The molecule has 2 aromatic rings. The second kappa shape index (κ2) is 6.25. The van der Waals surface area contributed by atoms with E-state index in [-0.39, 0.29) is 11.9 Å². The summed E-state index contributed by atoms with van der Waals surface area (Å²) in [6, 6.07) is 2.34. The van der Waals surface area contributed by atoms with Crippen LogP contribution in [0.5, 0.6) is 0 Å². The van der Waals surface area contributed by atoms with Gasteiger partial charge in [0.05, 0.1) is 12.6 Å². The Bertz CT molecular complexity index is 635. The lowest BCUT2D eigenvalue weighted by Gasteiger charge is -2.35. The van der Waals surface area contributed by atoms with E-state index in [4.69, 9.17) is 4.74 Å². The number of rotatable bonds is 4. The number of hydrogen-bond donors (Lipinski definition) is 0. The molecule has 1 amide bonds. The Hall–Kier alpha value is -1.24. The first-order valence-electron chi connectivity index (χ1n) is 7.05. The summed E-state index contributed by atoms with van der Waals surface area (Å²) < 4.78 is 5.07. The molecule has 21 heavy (non-hydrogen) atoms. The maximum absolute atomic E-state index is 12.8. The summed E-state index contributed by atoms with van der Waals surface area (Å²) in [5, 5.41) is 4.81. The van der Waals surface area contributed by atoms with Crippen molar-refractivity contribution in [2.75, 3.05) is 13.7 Å². The standard InChI is InChI=1S/C15H18N2O2S2/c1-3-12-10-5-7-20-13(10)4-6-17(12)15(18)11-9-21-14(16-11)8-19-2/h5,7,9,12H,3-4,6,8H2,1-2H3. The molecule has 4 nitrogen and oxygen atoms in total. The van der Waals surface area contributed by atoms with Gasteiger partial charge in [-0.3, -0.25) is 4.79 Å². The van der Waals surface area contributed by atoms with E-state index in [1.165, 1.54) is 21.8 Å². The average molecular weight is 322 g/mol. The molecular formula is C15H18N2O2S2. The van der Waals surface area contributed by atoms with Crippen molar-refractivity contribution in [3.05, 3.63) is 38.0 Å². The van der Waals surface area contributed by atoms with Gasteiger partial charge in [0.15, 0.2) is 0 Å². The Labute approximate surface area is 132 Å². The fourth-order valence-corrected chi connectivity index (χ4v) is 4.49. The van der Waals surface area contributed by atoms with Gasteiger partial charge in [-0.2, -0.15) is 0 Å². The molecule has 112 valence electrons. The number of carbonyl (C=O) groups excluding carboxylic acids is 1. The monoisotopic (exact) mass is 322 g/mol. The third kappa shape index (κ3) is 2.75. The molecular weight excluding hydrogens is 304 g/mol. The Morgan fingerprint density at radius 1 is 1.52 bits per heavy atom. The molecule has 3 rings (SSSR count). The van der Waals surface area contributed by atoms with Crippen LogP contribution in [0.25, 0.3) is 0 Å². The largest absolute Gasteiger partial charge is 0.378 e. The van der Waals surface area contributed by atoms with Crippen molar-refractivity contribution in [1.29, 1.82) is 0 Å². The van der Waals surface area contributed by atoms with Crippen molar-refractivity contribution in [3.8, 4) is 0 Å². The maximum Gasteiger partial charge on any atom is 0.273 e. The third-order valence-corrected chi connectivity index (χ3v) is 5.60. The number of thiazole rings is 1. The molecule has 1 atom stereocenters. The van der Waals surface area contributed by atoms with E-state index in [0.717, 1.165) is 24.4 Å². The maximum atomic E-state index is 12.8. The summed E-state index contributed by atoms with van der Waals surface area (Å²) in [6.45, 7) is 3.38. The van der Waals surface area contributed by atoms with Crippen LogP contribution in [0.3, 0.4) is 0 Å². The van der Waals surface area contributed by atoms with Gasteiger partial charge in [-0.1, -0.05) is 6.92 Å². The zero-order valence-corrected chi connectivity index (χ0v) is 13.8. The number of nitrogens with zero attached hydrogens (tertiary/aromatic N) is 2. The summed E-state index contributed by atoms with van der Waals surface area (Å²) in [6.07, 6.45) is 1.88. The first kappa shape index (κ1) is 14.7. The number of amides is 1. The van der Waals surface area contributed by atoms with E-state index in [1.54, 1.807) is 18.4 Å². The van der Waals surface area contributed by atoms with Crippen molar-refractivity contribution < 1.29 is 9.53 Å². The molecule has 3 heterocycles. The van der Waals surface area contributed by atoms with Crippen LogP contribution in [-0.2, 0) is 17.8 Å². The normalized spacial score (nSPS) is 17.8. The Morgan fingerprint density at radius 3 is 3.14 bits per heavy atom. The first-order chi connectivity index (χ1) is 10.2. The molecule has 6 heteroatoms. The van der Waals surface area contributed by atoms with Gasteiger partial charge >= 0.3 is 0 Å². The molecule has 0 spiro atoms. The van der Waals surface area contributed by atoms with Crippen LogP contribution in [0.4, 0.5) is 0 Å². The summed E-state index contributed by atoms with van der Waals surface area (Å²) in [5.74, 6) is 0.0392. The molecule has 0 aliphatic carbocycles. The van der Waals surface area contributed by atoms with Gasteiger partial charge in [0.2, 0.25) is 0 Å². The van der Waals surface area contributed by atoms with Crippen molar-refractivity contribution in [1.82, 2.24) is 9.88 Å². The molecule has 1 aliphatic rings. The van der Waals surface area contributed by atoms with E-state index < -0.39 is 0 Å². The summed E-state index contributed by atoms with van der Waals surface area (Å²) in [5.41, 5.74) is 1.86. The molecule has 0 bridgehead atoms. The molecule has 2 aromatic heterocycles. The minimum atomic E-state index is 0.0392. The van der Waals surface area contributed by atoms with Crippen LogP contribution in [0.1, 0.15) is 45.3 Å². The lowest BCUT2D eigenvalue weighted by atomic mass is 9.97. The molecule has 0 saturated heterocycles. The van der Waals surface area contributed by atoms with Crippen molar-refractivity contribution in [2.45, 2.75) is 32.4 Å². The highest BCUT2D eigenvalue weighted by molar-refractivity contribution is 7.10. The van der Waals surface area contributed by atoms with Crippen LogP contribution in [-0.4, -0.2) is 29.4 Å². The highest BCUT2D eigenvalue weighted by Gasteiger charge is 2.31. The fraction of sp³-hybridized carbons (Fsp3) is 0.467. The third-order valence-electron chi connectivity index (χ3n) is 3.78. The smallest absolute Gasteiger partial charge is 0.273 e. The lowest BCUT2D eigenvalue weighted by molar-refractivity contribution is 0.0651. The Morgan fingerprint density at radius 2 is 2.38 bits per heavy atom. The van der Waals surface area contributed by atoms with E-state index in [9.17, 15) is 4.79 Å². The number of carbonyl (C=O) groups is 1. The van der Waals surface area contributed by atoms with E-state index in [1.807, 2.05) is 10.3 Å². The van der Waals surface area contributed by atoms with Gasteiger partial charge in [0, 0.05) is 23.9 Å². The number of aromatic nitrogens is 1. The SMILES string of the molecule is CCC1c2ccsc2CCN1C(=O)c1csc(COC)n1. The molecule has 0 saturated carbocycles. The molecule has 0 fully saturated rings. The van der Waals surface area contributed by atoms with Gasteiger partial charge in [0.1, 0.15) is 10.7 Å². The number of ether oxygens (including phenoxy) is 1. The zero-order chi connectivity index (χ0) is 14.8. The second-order valence-corrected chi connectivity index (χ2v) is 6.97. The highest BCUT2D eigenvalue weighted by Crippen LogP contribution is 2.36. The summed E-state index contributed by atoms with van der Waals surface area (Å²) in [4.78, 5) is 20.5. The number of hydrogen-bond acceptors (Lipinski definition) is 5. The van der Waals surface area contributed by atoms with Crippen molar-refractivity contribution in [2.24, 2.45) is 0 Å². The molecule has 0 N–H and O–H groups in total. The minimum Gasteiger partial charge on any atom is -0.378 e. The van der Waals surface area contributed by atoms with E-state index in [2.05, 4.69) is 23.4 Å². The Kier molecular flexibility index (Phi) is 4.37. The second-order valence-electron chi connectivity index (χ2n) is 5.03. The van der Waals surface area contributed by atoms with Crippen LogP contribution in [0.2, 0.25) is 0 Å². The minimum absolute atomic E-state index is 0.0392. The van der Waals surface area contributed by atoms with Crippen molar-refractivity contribution >= 4 is 28.6 Å². The van der Waals surface area contributed by atoms with E-state index in [0.29, 0.717) is 12.3 Å². The van der Waals surface area contributed by atoms with Gasteiger partial charge in [-0.15, -0.1) is 22.7 Å². The summed E-state index contributed by atoms with van der Waals surface area (Å²) >= 11 is 3.28. The number of fused-ring (bicyclic) bond motifs is 1. The van der Waals surface area contributed by atoms with Gasteiger partial charge in [-0.25, -0.2) is 4.98 Å². The Balaban J connectivity index is 1.83. The van der Waals surface area contributed by atoms with Crippen LogP contribution >= 0.6 is 22.7 Å². The van der Waals surface area contributed by atoms with Crippen LogP contribution < -0.4 is 0 Å². The molecule has 0 radical (unpaired) electrons.